The number of carbonyl (C=O) groups excluding carboxylic acids is 1. The fourth-order valence-electron chi connectivity index (χ4n) is 1.28. The van der Waals surface area contributed by atoms with Crippen molar-refractivity contribution >= 4 is 23.5 Å². The van der Waals surface area contributed by atoms with E-state index in [9.17, 15) is 19.7 Å². The third kappa shape index (κ3) is 3.15. The van der Waals surface area contributed by atoms with Crippen molar-refractivity contribution < 1.29 is 19.6 Å². The van der Waals surface area contributed by atoms with Crippen molar-refractivity contribution in [2.45, 2.75) is 0 Å². The molecule has 0 aliphatic carbocycles. The van der Waals surface area contributed by atoms with Gasteiger partial charge in [-0.25, -0.2) is 10.2 Å². The number of nitrogens with two attached hydrogens (primary N) is 2. The van der Waals surface area contributed by atoms with Gasteiger partial charge in [0.05, 0.1) is 10.5 Å². The van der Waals surface area contributed by atoms with Gasteiger partial charge in [0.1, 0.15) is 5.56 Å². The van der Waals surface area contributed by atoms with Gasteiger partial charge in [-0.1, -0.05) is 6.07 Å². The molecule has 0 aromatic heterocycles. The first-order chi connectivity index (χ1) is 8.84. The summed E-state index contributed by atoms with van der Waals surface area (Å²) >= 11 is 0. The molecule has 1 amide bonds. The van der Waals surface area contributed by atoms with Gasteiger partial charge in [-0.2, -0.15) is 0 Å². The lowest BCUT2D eigenvalue weighted by atomic mass is 10.1. The molecule has 10 heteroatoms. The summed E-state index contributed by atoms with van der Waals surface area (Å²) in [4.78, 5) is 32.5. The predicted octanol–water partition coefficient (Wildman–Crippen LogP) is -0.789. The average molecular weight is 267 g/mol. The van der Waals surface area contributed by atoms with E-state index in [2.05, 4.69) is 5.10 Å². The number of hydrogen-bond acceptors (Lipinski definition) is 5. The molecule has 10 nitrogen and oxygen atoms in total. The molecule has 0 aliphatic rings. The van der Waals surface area contributed by atoms with Crippen LogP contribution in [0.25, 0.3) is 0 Å². The van der Waals surface area contributed by atoms with Crippen LogP contribution in [-0.2, 0) is 0 Å². The van der Waals surface area contributed by atoms with Gasteiger partial charge in [-0.05, 0) is 6.07 Å². The van der Waals surface area contributed by atoms with E-state index in [1.165, 1.54) is 6.07 Å². The molecule has 0 unspecified atom stereocenters. The number of benzene rings is 1. The maximum absolute atomic E-state index is 11.6. The first-order valence-electron chi connectivity index (χ1n) is 4.74. The van der Waals surface area contributed by atoms with Crippen LogP contribution in [0.5, 0.6) is 0 Å². The number of hydrazone groups is 1. The lowest BCUT2D eigenvalue weighted by Gasteiger charge is -2.05. The Morgan fingerprint density at radius 1 is 1.37 bits per heavy atom. The number of rotatable bonds is 4. The lowest BCUT2D eigenvalue weighted by molar-refractivity contribution is -0.385. The fraction of sp³-hybridized carbons (Fsp3) is 0. The van der Waals surface area contributed by atoms with Crippen molar-refractivity contribution in [2.24, 2.45) is 16.6 Å². The molecular formula is C9H9N5O5. The SMILES string of the molecule is NC(N)=NNC(=O)c1cccc([N+](=O)[O-])c1C(=O)O. The average Bonchev–Trinajstić information content (AvgIpc) is 2.34. The molecule has 100 valence electrons. The molecule has 1 aromatic rings. The van der Waals surface area contributed by atoms with E-state index >= 15 is 0 Å². The van der Waals surface area contributed by atoms with Crippen LogP contribution in [0.2, 0.25) is 0 Å². The summed E-state index contributed by atoms with van der Waals surface area (Å²) in [6, 6.07) is 3.25. The van der Waals surface area contributed by atoms with Crippen LogP contribution in [0.1, 0.15) is 20.7 Å². The van der Waals surface area contributed by atoms with Gasteiger partial charge in [0.15, 0.2) is 0 Å². The highest BCUT2D eigenvalue weighted by Crippen LogP contribution is 2.22. The lowest BCUT2D eigenvalue weighted by Crippen LogP contribution is -2.29. The normalized spacial score (nSPS) is 9.47. The van der Waals surface area contributed by atoms with Crippen LogP contribution >= 0.6 is 0 Å². The molecule has 0 fully saturated rings. The van der Waals surface area contributed by atoms with Crippen molar-refractivity contribution in [2.75, 3.05) is 0 Å². The number of amides is 1. The van der Waals surface area contributed by atoms with Gasteiger partial charge in [0.25, 0.3) is 11.6 Å². The predicted molar refractivity (Wildman–Crippen MR) is 63.3 cm³/mol. The highest BCUT2D eigenvalue weighted by molar-refractivity contribution is 6.07. The fourth-order valence-corrected chi connectivity index (χ4v) is 1.28. The minimum absolute atomic E-state index is 0.424. The van der Waals surface area contributed by atoms with E-state index in [1.807, 2.05) is 5.43 Å². The van der Waals surface area contributed by atoms with Gasteiger partial charge >= 0.3 is 5.97 Å². The molecule has 6 N–H and O–H groups in total. The van der Waals surface area contributed by atoms with E-state index in [4.69, 9.17) is 16.6 Å². The van der Waals surface area contributed by atoms with Crippen molar-refractivity contribution in [3.05, 3.63) is 39.4 Å². The first-order valence-corrected chi connectivity index (χ1v) is 4.74. The van der Waals surface area contributed by atoms with Crippen LogP contribution in [0.3, 0.4) is 0 Å². The molecule has 0 aliphatic heterocycles. The number of guanidine groups is 1. The first kappa shape index (κ1) is 13.9. The number of nitro benzene ring substituents is 1. The molecule has 1 aromatic carbocycles. The van der Waals surface area contributed by atoms with Crippen molar-refractivity contribution in [3.8, 4) is 0 Å². The second-order valence-electron chi connectivity index (χ2n) is 3.24. The van der Waals surface area contributed by atoms with Crippen LogP contribution in [0.15, 0.2) is 23.3 Å². The Balaban J connectivity index is 3.31. The molecule has 0 bridgehead atoms. The third-order valence-electron chi connectivity index (χ3n) is 1.98. The van der Waals surface area contributed by atoms with Gasteiger partial charge in [0.2, 0.25) is 5.96 Å². The molecule has 0 saturated heterocycles. The third-order valence-corrected chi connectivity index (χ3v) is 1.98. The Hall–Kier alpha value is -3.17. The highest BCUT2D eigenvalue weighted by atomic mass is 16.6. The Morgan fingerprint density at radius 2 is 2.00 bits per heavy atom. The zero-order valence-electron chi connectivity index (χ0n) is 9.36. The zero-order chi connectivity index (χ0) is 14.6. The molecule has 19 heavy (non-hydrogen) atoms. The summed E-state index contributed by atoms with van der Waals surface area (Å²) in [6.45, 7) is 0. The standard InChI is InChI=1S/C9H9N5O5/c10-9(11)13-12-7(15)4-2-1-3-5(14(18)19)6(4)8(16)17/h1-3H,(H,12,15)(H,16,17)(H4,10,11,13). The monoisotopic (exact) mass is 267 g/mol. The number of aromatic carboxylic acids is 1. The number of nitro groups is 1. The van der Waals surface area contributed by atoms with Gasteiger partial charge < -0.3 is 16.6 Å². The molecule has 0 saturated carbocycles. The van der Waals surface area contributed by atoms with E-state index < -0.39 is 39.6 Å². The van der Waals surface area contributed by atoms with E-state index in [0.717, 1.165) is 12.1 Å². The van der Waals surface area contributed by atoms with E-state index in [0.29, 0.717) is 0 Å². The van der Waals surface area contributed by atoms with Crippen LogP contribution in [0, 0.1) is 10.1 Å². The number of nitrogens with zero attached hydrogens (tertiary/aromatic N) is 2. The van der Waals surface area contributed by atoms with Crippen LogP contribution in [0.4, 0.5) is 5.69 Å². The van der Waals surface area contributed by atoms with Crippen molar-refractivity contribution in [1.29, 1.82) is 0 Å². The summed E-state index contributed by atoms with van der Waals surface area (Å²) < 4.78 is 0. The quantitative estimate of drug-likeness (QED) is 0.239. The number of carbonyl (C=O) groups is 2. The highest BCUT2D eigenvalue weighted by Gasteiger charge is 2.26. The molecule has 1 rings (SSSR count). The maximum atomic E-state index is 11.6. The second-order valence-corrected chi connectivity index (χ2v) is 3.24. The summed E-state index contributed by atoms with van der Waals surface area (Å²) in [5.74, 6) is -3.03. The Morgan fingerprint density at radius 3 is 2.47 bits per heavy atom. The summed E-state index contributed by atoms with van der Waals surface area (Å²) in [7, 11) is 0. The minimum Gasteiger partial charge on any atom is -0.477 e. The largest absolute Gasteiger partial charge is 0.477 e. The van der Waals surface area contributed by atoms with E-state index in [1.54, 1.807) is 0 Å². The van der Waals surface area contributed by atoms with Crippen molar-refractivity contribution in [3.63, 3.8) is 0 Å². The minimum atomic E-state index is -1.61. The van der Waals surface area contributed by atoms with Crippen LogP contribution in [-0.4, -0.2) is 27.9 Å². The van der Waals surface area contributed by atoms with Crippen molar-refractivity contribution in [1.82, 2.24) is 5.43 Å². The summed E-state index contributed by atoms with van der Waals surface area (Å²) in [5, 5.41) is 22.8. The molecular weight excluding hydrogens is 258 g/mol. The van der Waals surface area contributed by atoms with Gasteiger partial charge in [-0.3, -0.25) is 14.9 Å². The smallest absolute Gasteiger partial charge is 0.343 e. The maximum Gasteiger partial charge on any atom is 0.343 e. The Labute approximate surface area is 105 Å². The second kappa shape index (κ2) is 5.44. The van der Waals surface area contributed by atoms with Crippen LogP contribution < -0.4 is 16.9 Å². The Bertz CT molecular complexity index is 578. The molecule has 0 spiro atoms. The van der Waals surface area contributed by atoms with E-state index in [-0.39, 0.29) is 0 Å². The molecule has 0 atom stereocenters. The number of hydrogen-bond donors (Lipinski definition) is 4. The Kier molecular flexibility index (Phi) is 3.98. The molecule has 0 radical (unpaired) electrons. The molecule has 0 heterocycles. The van der Waals surface area contributed by atoms with Gasteiger partial charge in [-0.15, -0.1) is 5.10 Å². The summed E-state index contributed by atoms with van der Waals surface area (Å²) in [5.41, 5.74) is 9.97. The number of carboxylic acid groups (broad SMARTS) is 1. The summed E-state index contributed by atoms with van der Waals surface area (Å²) in [6.07, 6.45) is 0. The number of carboxylic acids is 1. The topological polar surface area (TPSA) is 174 Å². The van der Waals surface area contributed by atoms with Gasteiger partial charge in [0, 0.05) is 6.07 Å². The number of nitrogens with one attached hydrogen (secondary N) is 1. The zero-order valence-corrected chi connectivity index (χ0v) is 9.36.